The minimum Gasteiger partial charge on any atom is -0.491 e. The minimum atomic E-state index is -0.369. The van der Waals surface area contributed by atoms with Crippen molar-refractivity contribution in [3.63, 3.8) is 0 Å². The fraction of sp³-hybridized carbons (Fsp3) is 0.533. The quantitative estimate of drug-likeness (QED) is 0.829. The van der Waals surface area contributed by atoms with Gasteiger partial charge >= 0.3 is 0 Å². The van der Waals surface area contributed by atoms with E-state index in [1.54, 1.807) is 12.1 Å². The van der Waals surface area contributed by atoms with E-state index >= 15 is 0 Å². The Hall–Kier alpha value is -1.55. The number of nitrogens with one attached hydrogen (secondary N) is 1. The maximum atomic E-state index is 12.2. The largest absolute Gasteiger partial charge is 0.491 e. The van der Waals surface area contributed by atoms with Gasteiger partial charge in [0.05, 0.1) is 6.10 Å². The molecule has 0 aromatic heterocycles. The van der Waals surface area contributed by atoms with Gasteiger partial charge in [-0.3, -0.25) is 4.79 Å². The third-order valence-corrected chi connectivity index (χ3v) is 3.11. The topological polar surface area (TPSA) is 64.3 Å². The van der Waals surface area contributed by atoms with Gasteiger partial charge in [-0.15, -0.1) is 0 Å². The van der Waals surface area contributed by atoms with Crippen LogP contribution in [-0.4, -0.2) is 24.1 Å². The molecule has 0 spiro atoms. The summed E-state index contributed by atoms with van der Waals surface area (Å²) >= 11 is 0. The summed E-state index contributed by atoms with van der Waals surface area (Å²) in [6, 6.07) is 7.19. The first kappa shape index (κ1) is 15.5. The number of carbonyl (C=O) groups excluding carboxylic acids is 1. The molecule has 0 heterocycles. The Morgan fingerprint density at radius 3 is 2.68 bits per heavy atom. The third kappa shape index (κ3) is 4.56. The molecule has 1 rings (SSSR count). The fourth-order valence-corrected chi connectivity index (χ4v) is 1.61. The van der Waals surface area contributed by atoms with E-state index < -0.39 is 0 Å². The van der Waals surface area contributed by atoms with E-state index in [1.165, 1.54) is 0 Å². The molecule has 4 heteroatoms. The second kappa shape index (κ2) is 6.57. The van der Waals surface area contributed by atoms with Crippen LogP contribution in [0.15, 0.2) is 24.3 Å². The van der Waals surface area contributed by atoms with Crippen LogP contribution >= 0.6 is 0 Å². The standard InChI is InChI=1S/C15H24N2O2/c1-5-15(4,10-16)17-14(18)12-7-6-8-13(9-12)19-11(2)3/h6-9,11H,5,10,16H2,1-4H3,(H,17,18). The molecular formula is C15H24N2O2. The summed E-state index contributed by atoms with van der Waals surface area (Å²) in [5.41, 5.74) is 5.92. The van der Waals surface area contributed by atoms with Crippen molar-refractivity contribution >= 4 is 5.91 Å². The molecular weight excluding hydrogens is 240 g/mol. The Morgan fingerprint density at radius 2 is 2.16 bits per heavy atom. The van der Waals surface area contributed by atoms with Crippen LogP contribution in [0.1, 0.15) is 44.5 Å². The number of amides is 1. The predicted molar refractivity (Wildman–Crippen MR) is 77.4 cm³/mol. The molecule has 0 bridgehead atoms. The molecule has 1 aromatic rings. The van der Waals surface area contributed by atoms with E-state index in [1.807, 2.05) is 39.8 Å². The first-order valence-corrected chi connectivity index (χ1v) is 6.69. The first-order valence-electron chi connectivity index (χ1n) is 6.69. The first-order chi connectivity index (χ1) is 8.90. The van der Waals surface area contributed by atoms with Gasteiger partial charge in [-0.25, -0.2) is 0 Å². The molecule has 4 nitrogen and oxygen atoms in total. The maximum Gasteiger partial charge on any atom is 0.251 e. The highest BCUT2D eigenvalue weighted by atomic mass is 16.5. The van der Waals surface area contributed by atoms with Crippen molar-refractivity contribution in [3.8, 4) is 5.75 Å². The highest BCUT2D eigenvalue weighted by Crippen LogP contribution is 2.16. The van der Waals surface area contributed by atoms with Crippen LogP contribution in [0, 0.1) is 0 Å². The van der Waals surface area contributed by atoms with Gasteiger partial charge in [-0.1, -0.05) is 13.0 Å². The molecule has 1 amide bonds. The molecule has 0 saturated carbocycles. The Balaban J connectivity index is 2.82. The maximum absolute atomic E-state index is 12.2. The number of nitrogens with two attached hydrogens (primary N) is 1. The number of hydrogen-bond acceptors (Lipinski definition) is 3. The van der Waals surface area contributed by atoms with Gasteiger partial charge in [0.15, 0.2) is 0 Å². The van der Waals surface area contributed by atoms with Gasteiger partial charge in [0.25, 0.3) is 5.91 Å². The van der Waals surface area contributed by atoms with Gasteiger partial charge in [0.2, 0.25) is 0 Å². The van der Waals surface area contributed by atoms with Crippen LogP contribution in [0.2, 0.25) is 0 Å². The molecule has 1 atom stereocenters. The molecule has 1 aromatic carbocycles. The zero-order valence-electron chi connectivity index (χ0n) is 12.2. The molecule has 0 aliphatic heterocycles. The molecule has 0 saturated heterocycles. The SMILES string of the molecule is CCC(C)(CN)NC(=O)c1cccc(OC(C)C)c1. The lowest BCUT2D eigenvalue weighted by atomic mass is 9.98. The van der Waals surface area contributed by atoms with Gasteiger partial charge in [-0.05, 0) is 45.4 Å². The van der Waals surface area contributed by atoms with E-state index in [9.17, 15) is 4.79 Å². The third-order valence-electron chi connectivity index (χ3n) is 3.11. The van der Waals surface area contributed by atoms with Crippen molar-refractivity contribution < 1.29 is 9.53 Å². The van der Waals surface area contributed by atoms with Crippen LogP contribution in [0.25, 0.3) is 0 Å². The normalized spacial score (nSPS) is 14.0. The summed E-state index contributed by atoms with van der Waals surface area (Å²) in [6.07, 6.45) is 0.875. The lowest BCUT2D eigenvalue weighted by molar-refractivity contribution is 0.0906. The monoisotopic (exact) mass is 264 g/mol. The fourth-order valence-electron chi connectivity index (χ4n) is 1.61. The molecule has 1 unspecified atom stereocenters. The molecule has 0 aliphatic rings. The summed E-state index contributed by atoms with van der Waals surface area (Å²) in [5, 5.41) is 2.97. The molecule has 3 N–H and O–H groups in total. The van der Waals surface area contributed by atoms with Crippen LogP contribution in [-0.2, 0) is 0 Å². The number of carbonyl (C=O) groups is 1. The second-order valence-corrected chi connectivity index (χ2v) is 5.27. The molecule has 0 radical (unpaired) electrons. The van der Waals surface area contributed by atoms with Gasteiger partial charge in [0, 0.05) is 17.6 Å². The van der Waals surface area contributed by atoms with Crippen molar-refractivity contribution in [1.82, 2.24) is 5.32 Å². The van der Waals surface area contributed by atoms with Crippen molar-refractivity contribution in [2.75, 3.05) is 6.54 Å². The Labute approximate surface area is 115 Å². The summed E-state index contributed by atoms with van der Waals surface area (Å²) in [5.74, 6) is 0.581. The average molecular weight is 264 g/mol. The summed E-state index contributed by atoms with van der Waals surface area (Å²) in [4.78, 5) is 12.2. The van der Waals surface area contributed by atoms with Crippen LogP contribution < -0.4 is 15.8 Å². The molecule has 19 heavy (non-hydrogen) atoms. The van der Waals surface area contributed by atoms with Crippen LogP contribution in [0.5, 0.6) is 5.75 Å². The summed E-state index contributed by atoms with van der Waals surface area (Å²) in [7, 11) is 0. The van der Waals surface area contributed by atoms with Crippen molar-refractivity contribution in [1.29, 1.82) is 0 Å². The Morgan fingerprint density at radius 1 is 1.47 bits per heavy atom. The van der Waals surface area contributed by atoms with Crippen molar-refractivity contribution in [2.24, 2.45) is 5.73 Å². The van der Waals surface area contributed by atoms with E-state index in [2.05, 4.69) is 5.32 Å². The summed E-state index contributed by atoms with van der Waals surface area (Å²) in [6.45, 7) is 8.27. The van der Waals surface area contributed by atoms with Crippen molar-refractivity contribution in [2.45, 2.75) is 45.8 Å². The van der Waals surface area contributed by atoms with Crippen LogP contribution in [0.3, 0.4) is 0 Å². The highest BCUT2D eigenvalue weighted by Gasteiger charge is 2.23. The van der Waals surface area contributed by atoms with Gasteiger partial charge in [0.1, 0.15) is 5.75 Å². The Bertz CT molecular complexity index is 426. The Kier molecular flexibility index (Phi) is 5.36. The zero-order chi connectivity index (χ0) is 14.5. The van der Waals surface area contributed by atoms with Crippen LogP contribution in [0.4, 0.5) is 0 Å². The average Bonchev–Trinajstić information content (AvgIpc) is 2.38. The van der Waals surface area contributed by atoms with Crippen molar-refractivity contribution in [3.05, 3.63) is 29.8 Å². The predicted octanol–water partition coefficient (Wildman–Crippen LogP) is 2.33. The number of rotatable bonds is 6. The molecule has 0 aliphatic carbocycles. The zero-order valence-corrected chi connectivity index (χ0v) is 12.2. The van der Waals surface area contributed by atoms with E-state index in [4.69, 9.17) is 10.5 Å². The molecule has 106 valence electrons. The number of ether oxygens (including phenoxy) is 1. The number of hydrogen-bond donors (Lipinski definition) is 2. The number of benzene rings is 1. The van der Waals surface area contributed by atoms with Gasteiger partial charge < -0.3 is 15.8 Å². The lowest BCUT2D eigenvalue weighted by Gasteiger charge is -2.28. The lowest BCUT2D eigenvalue weighted by Crippen LogP contribution is -2.50. The second-order valence-electron chi connectivity index (χ2n) is 5.27. The molecule has 0 fully saturated rings. The minimum absolute atomic E-state index is 0.0864. The highest BCUT2D eigenvalue weighted by molar-refractivity contribution is 5.95. The smallest absolute Gasteiger partial charge is 0.251 e. The summed E-state index contributed by atoms with van der Waals surface area (Å²) < 4.78 is 5.58. The van der Waals surface area contributed by atoms with Gasteiger partial charge in [-0.2, -0.15) is 0 Å². The van der Waals surface area contributed by atoms with E-state index in [-0.39, 0.29) is 17.6 Å². The van der Waals surface area contributed by atoms with E-state index in [0.29, 0.717) is 17.9 Å². The van der Waals surface area contributed by atoms with E-state index in [0.717, 1.165) is 6.42 Å².